The summed E-state index contributed by atoms with van der Waals surface area (Å²) in [5.74, 6) is 0. The number of nitrogens with two attached hydrogens (primary N) is 2. The highest BCUT2D eigenvalue weighted by Crippen LogP contribution is 2.26. The van der Waals surface area contributed by atoms with Crippen molar-refractivity contribution in [2.75, 3.05) is 7.11 Å². The summed E-state index contributed by atoms with van der Waals surface area (Å²) in [6, 6.07) is -0.763. The lowest BCUT2D eigenvalue weighted by Gasteiger charge is -2.25. The van der Waals surface area contributed by atoms with Gasteiger partial charge in [0.15, 0.2) is 0 Å². The Kier molecular flexibility index (Phi) is 15.0. The van der Waals surface area contributed by atoms with E-state index in [9.17, 15) is 8.78 Å². The van der Waals surface area contributed by atoms with Crippen molar-refractivity contribution in [1.29, 1.82) is 0 Å². The van der Waals surface area contributed by atoms with Gasteiger partial charge in [0.05, 0.1) is 0 Å². The SMILES string of the molecule is C.CO.NC1CC(N)CC(F)C1.[N-]=[N+]=NC1CC(F)CC(N=[N+]=[N-])C1. The van der Waals surface area contributed by atoms with E-state index in [1.54, 1.807) is 0 Å². The van der Waals surface area contributed by atoms with Gasteiger partial charge in [-0.2, -0.15) is 0 Å². The predicted molar refractivity (Wildman–Crippen MR) is 94.2 cm³/mol. The third-order valence-electron chi connectivity index (χ3n) is 3.75. The molecule has 4 atom stereocenters. The van der Waals surface area contributed by atoms with Gasteiger partial charge in [0.25, 0.3) is 0 Å². The minimum atomic E-state index is -1.03. The fourth-order valence-electron chi connectivity index (χ4n) is 2.86. The summed E-state index contributed by atoms with van der Waals surface area (Å²) in [5.41, 5.74) is 27.3. The lowest BCUT2D eigenvalue weighted by Crippen LogP contribution is -2.40. The Morgan fingerprint density at radius 3 is 1.48 bits per heavy atom. The molecule has 0 heterocycles. The summed E-state index contributed by atoms with van der Waals surface area (Å²) >= 11 is 0. The molecular weight excluding hydrogens is 334 g/mol. The van der Waals surface area contributed by atoms with Gasteiger partial charge < -0.3 is 16.6 Å². The molecule has 0 radical (unpaired) electrons. The standard InChI is InChI=1S/C6H9FN6.C6H13FN2.CH4O.CH4/c7-4-1-5(10-12-8)3-6(2-4)11-13-9;7-4-1-5(8)3-6(9)2-4;1-2;/h4-6H,1-3H2;4-6H,1-3,8-9H2;2H,1H3;1H4. The maximum absolute atomic E-state index is 13.0. The monoisotopic (exact) mass is 364 g/mol. The summed E-state index contributed by atoms with van der Waals surface area (Å²) in [5, 5.41) is 13.8. The minimum absolute atomic E-state index is 0. The smallest absolute Gasteiger partial charge is 0.103 e. The molecule has 0 saturated heterocycles. The van der Waals surface area contributed by atoms with Crippen LogP contribution in [0.3, 0.4) is 0 Å². The number of nitrogens with zero attached hydrogens (tertiary/aromatic N) is 6. The van der Waals surface area contributed by atoms with Crippen LogP contribution in [-0.4, -0.2) is 48.7 Å². The van der Waals surface area contributed by atoms with Gasteiger partial charge in [-0.3, -0.25) is 0 Å². The Morgan fingerprint density at radius 1 is 0.800 bits per heavy atom. The zero-order valence-electron chi connectivity index (χ0n) is 13.7. The van der Waals surface area contributed by atoms with Gasteiger partial charge in [-0.1, -0.05) is 17.7 Å². The molecule has 2 aliphatic carbocycles. The molecule has 0 bridgehead atoms. The molecule has 146 valence electrons. The molecule has 2 fully saturated rings. The van der Waals surface area contributed by atoms with Crippen LogP contribution < -0.4 is 11.5 Å². The number of alkyl halides is 2. The van der Waals surface area contributed by atoms with Crippen LogP contribution in [0.5, 0.6) is 0 Å². The molecule has 11 heteroatoms. The second-order valence-corrected chi connectivity index (χ2v) is 5.85. The molecule has 0 amide bonds. The molecule has 9 nitrogen and oxygen atoms in total. The molecule has 2 rings (SSSR count). The average molecular weight is 364 g/mol. The van der Waals surface area contributed by atoms with Gasteiger partial charge in [0, 0.05) is 41.1 Å². The highest BCUT2D eigenvalue weighted by molar-refractivity contribution is 4.87. The molecule has 0 aromatic heterocycles. The van der Waals surface area contributed by atoms with E-state index >= 15 is 0 Å². The van der Waals surface area contributed by atoms with Crippen molar-refractivity contribution in [3.8, 4) is 0 Å². The van der Waals surface area contributed by atoms with Crippen LogP contribution in [0.1, 0.15) is 46.0 Å². The van der Waals surface area contributed by atoms with E-state index in [-0.39, 0.29) is 44.4 Å². The summed E-state index contributed by atoms with van der Waals surface area (Å²) < 4.78 is 25.5. The predicted octanol–water partition coefficient (Wildman–Crippen LogP) is 3.27. The molecule has 2 aliphatic rings. The van der Waals surface area contributed by atoms with Crippen molar-refractivity contribution >= 4 is 0 Å². The van der Waals surface area contributed by atoms with Crippen molar-refractivity contribution in [3.05, 3.63) is 20.9 Å². The van der Waals surface area contributed by atoms with E-state index in [2.05, 4.69) is 20.1 Å². The first kappa shape index (κ1) is 25.6. The molecule has 0 spiro atoms. The Hall–Kier alpha value is -1.64. The number of hydrogen-bond donors (Lipinski definition) is 3. The number of rotatable bonds is 2. The first-order chi connectivity index (χ1) is 11.4. The number of aliphatic hydroxyl groups is 1. The van der Waals surface area contributed by atoms with E-state index < -0.39 is 12.3 Å². The van der Waals surface area contributed by atoms with Crippen molar-refractivity contribution in [2.24, 2.45) is 21.7 Å². The van der Waals surface area contributed by atoms with Gasteiger partial charge in [0.1, 0.15) is 12.3 Å². The number of aliphatic hydroxyl groups excluding tert-OH is 1. The van der Waals surface area contributed by atoms with E-state index in [0.29, 0.717) is 19.3 Å². The zero-order valence-corrected chi connectivity index (χ0v) is 13.7. The Morgan fingerprint density at radius 2 is 1.16 bits per heavy atom. The Bertz CT molecular complexity index is 392. The highest BCUT2D eigenvalue weighted by Gasteiger charge is 2.27. The molecule has 0 aromatic carbocycles. The maximum Gasteiger partial charge on any atom is 0.103 e. The third-order valence-corrected chi connectivity index (χ3v) is 3.75. The summed E-state index contributed by atoms with van der Waals surface area (Å²) in [6.07, 6.45) is 0.905. The summed E-state index contributed by atoms with van der Waals surface area (Å²) in [6.45, 7) is 0. The van der Waals surface area contributed by atoms with Crippen LogP contribution in [0.15, 0.2) is 10.2 Å². The van der Waals surface area contributed by atoms with Crippen molar-refractivity contribution < 1.29 is 13.9 Å². The summed E-state index contributed by atoms with van der Waals surface area (Å²) in [4.78, 5) is 5.22. The van der Waals surface area contributed by atoms with Crippen molar-refractivity contribution in [2.45, 2.75) is 82.5 Å². The van der Waals surface area contributed by atoms with Gasteiger partial charge in [-0.25, -0.2) is 8.78 Å². The molecule has 2 saturated carbocycles. The second-order valence-electron chi connectivity index (χ2n) is 5.85. The molecule has 5 N–H and O–H groups in total. The molecule has 25 heavy (non-hydrogen) atoms. The molecule has 0 aliphatic heterocycles. The van der Waals surface area contributed by atoms with Gasteiger partial charge in [-0.05, 0) is 49.6 Å². The van der Waals surface area contributed by atoms with E-state index in [4.69, 9.17) is 27.6 Å². The molecular formula is C14H30F2N8O. The normalized spacial score (nSPS) is 33.5. The number of azide groups is 2. The quantitative estimate of drug-likeness (QED) is 0.388. The maximum atomic E-state index is 13.0. The lowest BCUT2D eigenvalue weighted by atomic mass is 9.91. The van der Waals surface area contributed by atoms with Gasteiger partial charge >= 0.3 is 0 Å². The number of hydrogen-bond acceptors (Lipinski definition) is 5. The Balaban J connectivity index is 0. The van der Waals surface area contributed by atoms with Crippen molar-refractivity contribution in [3.63, 3.8) is 0 Å². The molecule has 4 unspecified atom stereocenters. The largest absolute Gasteiger partial charge is 0.400 e. The minimum Gasteiger partial charge on any atom is -0.400 e. The van der Waals surface area contributed by atoms with E-state index in [0.717, 1.165) is 13.5 Å². The Labute approximate surface area is 147 Å². The summed E-state index contributed by atoms with van der Waals surface area (Å²) in [7, 11) is 1.00. The fourth-order valence-corrected chi connectivity index (χ4v) is 2.86. The first-order valence-electron chi connectivity index (χ1n) is 7.77. The third kappa shape index (κ3) is 11.5. The van der Waals surface area contributed by atoms with Crippen LogP contribution in [0.4, 0.5) is 8.78 Å². The zero-order chi connectivity index (χ0) is 18.5. The highest BCUT2D eigenvalue weighted by atomic mass is 19.1. The topological polar surface area (TPSA) is 170 Å². The van der Waals surface area contributed by atoms with Crippen molar-refractivity contribution in [1.82, 2.24) is 0 Å². The first-order valence-corrected chi connectivity index (χ1v) is 7.77. The van der Waals surface area contributed by atoms with E-state index in [1.807, 2.05) is 0 Å². The van der Waals surface area contributed by atoms with E-state index in [1.165, 1.54) is 0 Å². The van der Waals surface area contributed by atoms with Crippen LogP contribution in [0.25, 0.3) is 20.9 Å². The fraction of sp³-hybridized carbons (Fsp3) is 1.00. The van der Waals surface area contributed by atoms with Crippen LogP contribution in [0, 0.1) is 0 Å². The van der Waals surface area contributed by atoms with Gasteiger partial charge in [0.2, 0.25) is 0 Å². The average Bonchev–Trinajstić information content (AvgIpc) is 2.48. The van der Waals surface area contributed by atoms with Gasteiger partial charge in [-0.15, -0.1) is 0 Å². The number of halogens is 2. The van der Waals surface area contributed by atoms with Crippen LogP contribution in [-0.2, 0) is 0 Å². The van der Waals surface area contributed by atoms with Crippen LogP contribution in [0.2, 0.25) is 0 Å². The molecule has 0 aromatic rings. The second kappa shape index (κ2) is 14.7. The van der Waals surface area contributed by atoms with Crippen LogP contribution >= 0.6 is 0 Å². The lowest BCUT2D eigenvalue weighted by molar-refractivity contribution is 0.213.